The molecule has 1 saturated carbocycles. The van der Waals surface area contributed by atoms with E-state index in [-0.39, 0.29) is 12.1 Å². The summed E-state index contributed by atoms with van der Waals surface area (Å²) in [6.07, 6.45) is 3.68. The van der Waals surface area contributed by atoms with E-state index >= 15 is 0 Å². The van der Waals surface area contributed by atoms with Gasteiger partial charge in [0.1, 0.15) is 0 Å². The van der Waals surface area contributed by atoms with Crippen LogP contribution >= 0.6 is 0 Å². The Morgan fingerprint density at radius 3 is 2.48 bits per heavy atom. The lowest BCUT2D eigenvalue weighted by Crippen LogP contribution is -2.47. The Morgan fingerprint density at radius 2 is 1.90 bits per heavy atom. The van der Waals surface area contributed by atoms with E-state index in [2.05, 4.69) is 10.0 Å². The second-order valence-corrected chi connectivity index (χ2v) is 7.21. The Bertz CT molecular complexity index is 537. The summed E-state index contributed by atoms with van der Waals surface area (Å²) in [5.41, 5.74) is 1.16. The molecule has 1 fully saturated rings. The van der Waals surface area contributed by atoms with E-state index in [1.165, 1.54) is 0 Å². The van der Waals surface area contributed by atoms with Crippen LogP contribution in [0, 0.1) is 0 Å². The van der Waals surface area contributed by atoms with Crippen molar-refractivity contribution >= 4 is 10.0 Å². The minimum atomic E-state index is -3.41. The molecule has 1 aliphatic rings. The Hall–Kier alpha value is -0.950. The first-order valence-electron chi connectivity index (χ1n) is 7.34. The second kappa shape index (κ2) is 7.35. The fourth-order valence-electron chi connectivity index (χ4n) is 2.45. The zero-order valence-corrected chi connectivity index (χ0v) is 13.4. The van der Waals surface area contributed by atoms with Crippen molar-refractivity contribution in [1.29, 1.82) is 0 Å². The molecule has 0 bridgehead atoms. The molecule has 2 rings (SSSR count). The maximum absolute atomic E-state index is 12.2. The highest BCUT2D eigenvalue weighted by atomic mass is 32.2. The van der Waals surface area contributed by atoms with Crippen molar-refractivity contribution in [2.45, 2.75) is 42.7 Å². The highest BCUT2D eigenvalue weighted by Gasteiger charge is 2.32. The average Bonchev–Trinajstić information content (AvgIpc) is 2.43. The number of methoxy groups -OCH3 is 1. The Morgan fingerprint density at radius 1 is 1.24 bits per heavy atom. The van der Waals surface area contributed by atoms with Crippen LogP contribution in [0.3, 0.4) is 0 Å². The van der Waals surface area contributed by atoms with Gasteiger partial charge >= 0.3 is 0 Å². The molecule has 0 amide bonds. The third-order valence-electron chi connectivity index (χ3n) is 3.88. The van der Waals surface area contributed by atoms with Crippen molar-refractivity contribution in [2.75, 3.05) is 20.7 Å². The van der Waals surface area contributed by atoms with Gasteiger partial charge in [-0.15, -0.1) is 0 Å². The summed E-state index contributed by atoms with van der Waals surface area (Å²) < 4.78 is 32.4. The van der Waals surface area contributed by atoms with Gasteiger partial charge in [0.15, 0.2) is 0 Å². The molecule has 0 aromatic heterocycles. The van der Waals surface area contributed by atoms with Crippen LogP contribution in [0.15, 0.2) is 29.2 Å². The van der Waals surface area contributed by atoms with Crippen LogP contribution in [0.5, 0.6) is 0 Å². The maximum atomic E-state index is 12.2. The topological polar surface area (TPSA) is 67.4 Å². The number of rotatable bonds is 8. The molecule has 1 aromatic rings. The first kappa shape index (κ1) is 16.4. The number of aryl methyl sites for hydroxylation is 1. The predicted octanol–water partition coefficient (Wildman–Crippen LogP) is 1.29. The van der Waals surface area contributed by atoms with Crippen LogP contribution < -0.4 is 10.0 Å². The van der Waals surface area contributed by atoms with Crippen molar-refractivity contribution in [3.8, 4) is 0 Å². The zero-order chi connectivity index (χ0) is 15.3. The molecule has 0 unspecified atom stereocenters. The monoisotopic (exact) mass is 312 g/mol. The van der Waals surface area contributed by atoms with Crippen molar-refractivity contribution in [2.24, 2.45) is 0 Å². The number of ether oxygens (including phenoxy) is 1. The third kappa shape index (κ3) is 4.51. The Labute approximate surface area is 127 Å². The van der Waals surface area contributed by atoms with Gasteiger partial charge in [-0.3, -0.25) is 0 Å². The molecular weight excluding hydrogens is 288 g/mol. The van der Waals surface area contributed by atoms with E-state index in [1.807, 2.05) is 19.2 Å². The molecule has 1 aliphatic carbocycles. The van der Waals surface area contributed by atoms with Crippen LogP contribution in [0.2, 0.25) is 0 Å². The minimum absolute atomic E-state index is 0.00439. The Balaban J connectivity index is 1.91. The van der Waals surface area contributed by atoms with E-state index in [4.69, 9.17) is 4.74 Å². The Kier molecular flexibility index (Phi) is 5.75. The lowest BCUT2D eigenvalue weighted by Gasteiger charge is -2.34. The summed E-state index contributed by atoms with van der Waals surface area (Å²) in [5.74, 6) is 0. The molecule has 0 atom stereocenters. The molecule has 5 nitrogen and oxygen atoms in total. The van der Waals surface area contributed by atoms with E-state index in [0.29, 0.717) is 4.90 Å². The normalized spacial score (nSPS) is 22.0. The van der Waals surface area contributed by atoms with Crippen LogP contribution in [-0.2, 0) is 21.2 Å². The highest BCUT2D eigenvalue weighted by molar-refractivity contribution is 7.89. The van der Waals surface area contributed by atoms with Gasteiger partial charge in [-0.05, 0) is 57.0 Å². The first-order chi connectivity index (χ1) is 10.0. The van der Waals surface area contributed by atoms with Crippen LogP contribution in [0.1, 0.15) is 24.8 Å². The van der Waals surface area contributed by atoms with Gasteiger partial charge in [0.05, 0.1) is 11.0 Å². The lowest BCUT2D eigenvalue weighted by molar-refractivity contribution is 0.0236. The van der Waals surface area contributed by atoms with E-state index in [1.54, 1.807) is 19.2 Å². The standard InChI is InChI=1S/C15H24N2O3S/c1-16-9-3-4-12-5-7-15(8-6-12)21(18,19)17-13-10-14(11-13)20-2/h5-8,13-14,16-17H,3-4,9-11H2,1-2H3. The van der Waals surface area contributed by atoms with Gasteiger partial charge in [0.25, 0.3) is 0 Å². The molecule has 0 saturated heterocycles. The smallest absolute Gasteiger partial charge is 0.240 e. The number of nitrogens with one attached hydrogen (secondary N) is 2. The number of sulfonamides is 1. The van der Waals surface area contributed by atoms with E-state index < -0.39 is 10.0 Å². The zero-order valence-electron chi connectivity index (χ0n) is 12.6. The molecule has 0 heterocycles. The lowest BCUT2D eigenvalue weighted by atomic mass is 9.90. The highest BCUT2D eigenvalue weighted by Crippen LogP contribution is 2.24. The summed E-state index contributed by atoms with van der Waals surface area (Å²) in [6.45, 7) is 0.962. The fraction of sp³-hybridized carbons (Fsp3) is 0.600. The summed E-state index contributed by atoms with van der Waals surface area (Å²) in [5, 5.41) is 3.10. The number of benzene rings is 1. The molecule has 118 valence electrons. The largest absolute Gasteiger partial charge is 0.381 e. The van der Waals surface area contributed by atoms with Crippen molar-refractivity contribution in [3.63, 3.8) is 0 Å². The number of hydrogen-bond donors (Lipinski definition) is 2. The van der Waals surface area contributed by atoms with E-state index in [0.717, 1.165) is 37.8 Å². The summed E-state index contributed by atoms with van der Waals surface area (Å²) in [6, 6.07) is 7.15. The van der Waals surface area contributed by atoms with Gasteiger partial charge in [0, 0.05) is 13.2 Å². The van der Waals surface area contributed by atoms with Gasteiger partial charge in [-0.25, -0.2) is 13.1 Å². The molecule has 0 aliphatic heterocycles. The fourth-order valence-corrected chi connectivity index (χ4v) is 3.71. The molecular formula is C15H24N2O3S. The van der Waals surface area contributed by atoms with E-state index in [9.17, 15) is 8.42 Å². The molecule has 0 spiro atoms. The van der Waals surface area contributed by atoms with Crippen molar-refractivity contribution < 1.29 is 13.2 Å². The maximum Gasteiger partial charge on any atom is 0.240 e. The molecule has 2 N–H and O–H groups in total. The quantitative estimate of drug-likeness (QED) is 0.710. The predicted molar refractivity (Wildman–Crippen MR) is 82.8 cm³/mol. The first-order valence-corrected chi connectivity index (χ1v) is 8.82. The number of hydrogen-bond acceptors (Lipinski definition) is 4. The van der Waals surface area contributed by atoms with Crippen LogP contribution in [-0.4, -0.2) is 41.3 Å². The average molecular weight is 312 g/mol. The SMILES string of the molecule is CNCCCc1ccc(S(=O)(=O)NC2CC(OC)C2)cc1. The van der Waals surface area contributed by atoms with Gasteiger partial charge < -0.3 is 10.1 Å². The summed E-state index contributed by atoms with van der Waals surface area (Å²) in [7, 11) is 0.170. The van der Waals surface area contributed by atoms with Crippen LogP contribution in [0.25, 0.3) is 0 Å². The van der Waals surface area contributed by atoms with Crippen LogP contribution in [0.4, 0.5) is 0 Å². The second-order valence-electron chi connectivity index (χ2n) is 5.50. The summed E-state index contributed by atoms with van der Waals surface area (Å²) >= 11 is 0. The minimum Gasteiger partial charge on any atom is -0.381 e. The molecule has 21 heavy (non-hydrogen) atoms. The molecule has 0 radical (unpaired) electrons. The third-order valence-corrected chi connectivity index (χ3v) is 5.41. The van der Waals surface area contributed by atoms with Crippen molar-refractivity contribution in [3.05, 3.63) is 29.8 Å². The van der Waals surface area contributed by atoms with Gasteiger partial charge in [0.2, 0.25) is 10.0 Å². The molecule has 1 aromatic carbocycles. The van der Waals surface area contributed by atoms with Gasteiger partial charge in [-0.1, -0.05) is 12.1 Å². The van der Waals surface area contributed by atoms with Crippen molar-refractivity contribution in [1.82, 2.24) is 10.0 Å². The van der Waals surface area contributed by atoms with Gasteiger partial charge in [-0.2, -0.15) is 0 Å². The summed E-state index contributed by atoms with van der Waals surface area (Å²) in [4.78, 5) is 0.334. The molecule has 6 heteroatoms.